The predicted octanol–water partition coefficient (Wildman–Crippen LogP) is 5.57. The van der Waals surface area contributed by atoms with E-state index in [1.165, 1.54) is 17.4 Å². The zero-order valence-electron chi connectivity index (χ0n) is 16.9. The zero-order valence-corrected chi connectivity index (χ0v) is 17.7. The van der Waals surface area contributed by atoms with Crippen LogP contribution in [-0.4, -0.2) is 24.1 Å². The van der Waals surface area contributed by atoms with Crippen LogP contribution in [0.4, 0.5) is 5.13 Å². The number of hydrogen-bond acceptors (Lipinski definition) is 5. The number of aryl methyl sites for hydroxylation is 1. The van der Waals surface area contributed by atoms with Gasteiger partial charge in [-0.05, 0) is 68.8 Å². The maximum absolute atomic E-state index is 12.3. The monoisotopic (exact) mass is 408 g/mol. The van der Waals surface area contributed by atoms with Gasteiger partial charge in [0.05, 0.1) is 18.9 Å². The van der Waals surface area contributed by atoms with E-state index in [9.17, 15) is 4.79 Å². The molecule has 3 aromatic rings. The minimum atomic E-state index is -0.227. The quantitative estimate of drug-likeness (QED) is 0.520. The van der Waals surface area contributed by atoms with Gasteiger partial charge < -0.3 is 9.47 Å². The zero-order chi connectivity index (χ0) is 20.8. The Morgan fingerprint density at radius 1 is 1.14 bits per heavy atom. The van der Waals surface area contributed by atoms with E-state index in [1.54, 1.807) is 13.2 Å². The predicted molar refractivity (Wildman–Crippen MR) is 119 cm³/mol. The third kappa shape index (κ3) is 5.68. The lowest BCUT2D eigenvalue weighted by Crippen LogP contribution is -2.07. The number of aromatic nitrogens is 1. The molecule has 1 N–H and O–H groups in total. The van der Waals surface area contributed by atoms with Crippen LogP contribution in [0.2, 0.25) is 0 Å². The number of thiazole rings is 1. The average molecular weight is 409 g/mol. The number of methoxy groups -OCH3 is 1. The number of rotatable bonds is 7. The van der Waals surface area contributed by atoms with Crippen LogP contribution in [0.25, 0.3) is 17.3 Å². The highest BCUT2D eigenvalue weighted by Crippen LogP contribution is 2.31. The Hall–Kier alpha value is -3.12. The van der Waals surface area contributed by atoms with Crippen LogP contribution in [0, 0.1) is 6.92 Å². The minimum absolute atomic E-state index is 0.102. The summed E-state index contributed by atoms with van der Waals surface area (Å²) >= 11 is 1.45. The molecule has 6 heteroatoms. The molecule has 0 aliphatic heterocycles. The summed E-state index contributed by atoms with van der Waals surface area (Å²) in [6, 6.07) is 15.3. The highest BCUT2D eigenvalue weighted by Gasteiger charge is 2.11. The molecule has 0 unspecified atom stereocenters. The summed E-state index contributed by atoms with van der Waals surface area (Å²) in [5.41, 5.74) is 2.74. The van der Waals surface area contributed by atoms with E-state index in [0.29, 0.717) is 5.13 Å². The lowest BCUT2D eigenvalue weighted by atomic mass is 10.1. The summed E-state index contributed by atoms with van der Waals surface area (Å²) in [5.74, 6) is 1.35. The Kier molecular flexibility index (Phi) is 6.67. The van der Waals surface area contributed by atoms with E-state index in [0.717, 1.165) is 33.2 Å². The summed E-state index contributed by atoms with van der Waals surface area (Å²) in [6.07, 6.45) is 3.36. The molecule has 0 saturated heterocycles. The van der Waals surface area contributed by atoms with Gasteiger partial charge in [-0.3, -0.25) is 10.1 Å². The number of amides is 1. The van der Waals surface area contributed by atoms with E-state index >= 15 is 0 Å². The van der Waals surface area contributed by atoms with Crippen molar-refractivity contribution < 1.29 is 14.3 Å². The number of anilines is 1. The van der Waals surface area contributed by atoms with Gasteiger partial charge in [0.2, 0.25) is 5.91 Å². The third-order valence-electron chi connectivity index (χ3n) is 4.05. The Morgan fingerprint density at radius 2 is 1.90 bits per heavy atom. The first-order chi connectivity index (χ1) is 13.9. The molecule has 0 saturated carbocycles. The topological polar surface area (TPSA) is 60.5 Å². The Balaban J connectivity index is 1.67. The molecule has 0 radical (unpaired) electrons. The fourth-order valence-electron chi connectivity index (χ4n) is 2.75. The summed E-state index contributed by atoms with van der Waals surface area (Å²) < 4.78 is 10.9. The number of hydrogen-bond donors (Lipinski definition) is 1. The van der Waals surface area contributed by atoms with Gasteiger partial charge in [0.15, 0.2) is 5.13 Å². The molecule has 1 heterocycles. The average Bonchev–Trinajstić information content (AvgIpc) is 3.06. The Bertz CT molecular complexity index is 1010. The second kappa shape index (κ2) is 9.39. The number of nitrogens with one attached hydrogen (secondary N) is 1. The number of carbonyl (C=O) groups is 1. The molecule has 29 heavy (non-hydrogen) atoms. The fourth-order valence-corrected chi connectivity index (χ4v) is 3.59. The van der Waals surface area contributed by atoms with E-state index in [-0.39, 0.29) is 12.0 Å². The summed E-state index contributed by atoms with van der Waals surface area (Å²) in [7, 11) is 1.64. The second-order valence-electron chi connectivity index (χ2n) is 6.71. The minimum Gasteiger partial charge on any atom is -0.497 e. The van der Waals surface area contributed by atoms with Crippen LogP contribution in [0.15, 0.2) is 54.6 Å². The van der Waals surface area contributed by atoms with Crippen molar-refractivity contribution in [1.82, 2.24) is 4.98 Å². The van der Waals surface area contributed by atoms with Crippen molar-refractivity contribution in [3.63, 3.8) is 0 Å². The van der Waals surface area contributed by atoms with E-state index < -0.39 is 0 Å². The van der Waals surface area contributed by atoms with Crippen molar-refractivity contribution >= 4 is 28.5 Å². The van der Waals surface area contributed by atoms with Crippen LogP contribution in [0.1, 0.15) is 24.3 Å². The lowest BCUT2D eigenvalue weighted by molar-refractivity contribution is -0.111. The molecule has 2 aromatic carbocycles. The van der Waals surface area contributed by atoms with Gasteiger partial charge in [0.25, 0.3) is 0 Å². The molecule has 1 amide bonds. The maximum Gasteiger partial charge on any atom is 0.250 e. The van der Waals surface area contributed by atoms with Gasteiger partial charge in [0.1, 0.15) is 11.5 Å². The standard InChI is InChI=1S/C23H24N2O3S/c1-15(2)28-20-7-5-6-17(14-20)8-13-21(26)24-23-25-22(16(3)29-23)18-9-11-19(27-4)12-10-18/h5-15H,1-4H3,(H,24,25,26)/b13-8+. The van der Waals surface area contributed by atoms with Gasteiger partial charge in [0, 0.05) is 16.5 Å². The molecule has 0 bridgehead atoms. The van der Waals surface area contributed by atoms with Crippen molar-refractivity contribution in [3.05, 3.63) is 65.0 Å². The van der Waals surface area contributed by atoms with Crippen molar-refractivity contribution in [2.45, 2.75) is 26.9 Å². The van der Waals surface area contributed by atoms with Gasteiger partial charge in [-0.1, -0.05) is 12.1 Å². The molecule has 0 aliphatic rings. The van der Waals surface area contributed by atoms with Crippen molar-refractivity contribution in [2.24, 2.45) is 0 Å². The van der Waals surface area contributed by atoms with Crippen molar-refractivity contribution in [2.75, 3.05) is 12.4 Å². The van der Waals surface area contributed by atoms with E-state index in [4.69, 9.17) is 9.47 Å². The number of ether oxygens (including phenoxy) is 2. The molecule has 1 aromatic heterocycles. The fraction of sp³-hybridized carbons (Fsp3) is 0.217. The lowest BCUT2D eigenvalue weighted by Gasteiger charge is -2.09. The highest BCUT2D eigenvalue weighted by atomic mass is 32.1. The molecule has 0 aliphatic carbocycles. The normalized spacial score (nSPS) is 11.1. The summed E-state index contributed by atoms with van der Waals surface area (Å²) in [4.78, 5) is 17.9. The first kappa shape index (κ1) is 20.6. The highest BCUT2D eigenvalue weighted by molar-refractivity contribution is 7.16. The molecule has 5 nitrogen and oxygen atoms in total. The largest absolute Gasteiger partial charge is 0.497 e. The number of benzene rings is 2. The maximum atomic E-state index is 12.3. The SMILES string of the molecule is COc1ccc(-c2nc(NC(=O)/C=C/c3cccc(OC(C)C)c3)sc2C)cc1. The van der Waals surface area contributed by atoms with Crippen LogP contribution >= 0.6 is 11.3 Å². The molecule has 0 fully saturated rings. The van der Waals surface area contributed by atoms with Gasteiger partial charge in [-0.2, -0.15) is 0 Å². The first-order valence-electron chi connectivity index (χ1n) is 9.32. The summed E-state index contributed by atoms with van der Waals surface area (Å²) in [5, 5.41) is 3.41. The van der Waals surface area contributed by atoms with Crippen LogP contribution in [0.5, 0.6) is 11.5 Å². The molecule has 0 atom stereocenters. The molecule has 150 valence electrons. The Morgan fingerprint density at radius 3 is 2.59 bits per heavy atom. The molecule has 0 spiro atoms. The molecular formula is C23H24N2O3S. The third-order valence-corrected chi connectivity index (χ3v) is 4.93. The molecular weight excluding hydrogens is 384 g/mol. The van der Waals surface area contributed by atoms with Crippen molar-refractivity contribution in [3.8, 4) is 22.8 Å². The number of carbonyl (C=O) groups excluding carboxylic acids is 1. The Labute approximate surface area is 175 Å². The van der Waals surface area contributed by atoms with Crippen LogP contribution in [0.3, 0.4) is 0 Å². The van der Waals surface area contributed by atoms with Crippen molar-refractivity contribution in [1.29, 1.82) is 0 Å². The molecule has 3 rings (SSSR count). The van der Waals surface area contributed by atoms with E-state index in [1.807, 2.05) is 69.3 Å². The first-order valence-corrected chi connectivity index (χ1v) is 10.1. The second-order valence-corrected chi connectivity index (χ2v) is 7.92. The van der Waals surface area contributed by atoms with Gasteiger partial charge in [-0.15, -0.1) is 11.3 Å². The van der Waals surface area contributed by atoms with Gasteiger partial charge >= 0.3 is 0 Å². The van der Waals surface area contributed by atoms with Gasteiger partial charge in [-0.25, -0.2) is 4.98 Å². The number of nitrogens with zero attached hydrogens (tertiary/aromatic N) is 1. The summed E-state index contributed by atoms with van der Waals surface area (Å²) in [6.45, 7) is 5.95. The van der Waals surface area contributed by atoms with Crippen LogP contribution < -0.4 is 14.8 Å². The smallest absolute Gasteiger partial charge is 0.250 e. The van der Waals surface area contributed by atoms with Crippen LogP contribution in [-0.2, 0) is 4.79 Å². The van der Waals surface area contributed by atoms with E-state index in [2.05, 4.69) is 10.3 Å².